The van der Waals surface area contributed by atoms with E-state index in [2.05, 4.69) is 24.2 Å². The Hall–Kier alpha value is -0.120. The van der Waals surface area contributed by atoms with E-state index in [1.54, 1.807) is 0 Å². The molecule has 1 saturated heterocycles. The number of nitrogens with one attached hydrogen (secondary N) is 1. The summed E-state index contributed by atoms with van der Waals surface area (Å²) in [5, 5.41) is 3.26. The van der Waals surface area contributed by atoms with Gasteiger partial charge in [0.05, 0.1) is 6.61 Å². The summed E-state index contributed by atoms with van der Waals surface area (Å²) < 4.78 is 5.51. The molecular weight excluding hydrogens is 188 g/mol. The predicted molar refractivity (Wildman–Crippen MR) is 64.2 cm³/mol. The van der Waals surface area contributed by atoms with Gasteiger partial charge in [-0.2, -0.15) is 0 Å². The maximum absolute atomic E-state index is 5.51. The lowest BCUT2D eigenvalue weighted by Crippen LogP contribution is -2.42. The van der Waals surface area contributed by atoms with Gasteiger partial charge in [-0.05, 0) is 39.3 Å². The van der Waals surface area contributed by atoms with Gasteiger partial charge >= 0.3 is 0 Å². The van der Waals surface area contributed by atoms with Crippen molar-refractivity contribution in [3.05, 3.63) is 0 Å². The minimum Gasteiger partial charge on any atom is -0.381 e. The SMILES string of the molecule is CCC(CNC)N(C)CC1CCCOC1. The van der Waals surface area contributed by atoms with Crippen molar-refractivity contribution in [2.24, 2.45) is 5.92 Å². The Balaban J connectivity index is 2.27. The molecule has 15 heavy (non-hydrogen) atoms. The maximum atomic E-state index is 5.51. The molecule has 90 valence electrons. The third kappa shape index (κ3) is 4.49. The molecule has 0 bridgehead atoms. The Morgan fingerprint density at radius 1 is 1.53 bits per heavy atom. The summed E-state index contributed by atoms with van der Waals surface area (Å²) >= 11 is 0. The minimum atomic E-state index is 0.664. The molecule has 0 aromatic rings. The molecule has 3 nitrogen and oxygen atoms in total. The Kier molecular flexibility index (Phi) is 6.22. The third-order valence-electron chi connectivity index (χ3n) is 3.34. The molecule has 0 saturated carbocycles. The van der Waals surface area contributed by atoms with Gasteiger partial charge in [-0.25, -0.2) is 0 Å². The van der Waals surface area contributed by atoms with Crippen molar-refractivity contribution in [2.45, 2.75) is 32.2 Å². The highest BCUT2D eigenvalue weighted by atomic mass is 16.5. The van der Waals surface area contributed by atoms with Crippen LogP contribution in [0.1, 0.15) is 26.2 Å². The molecule has 0 radical (unpaired) electrons. The maximum Gasteiger partial charge on any atom is 0.0506 e. The average Bonchev–Trinajstić information content (AvgIpc) is 2.27. The van der Waals surface area contributed by atoms with Crippen molar-refractivity contribution in [2.75, 3.05) is 40.4 Å². The molecule has 2 atom stereocenters. The summed E-state index contributed by atoms with van der Waals surface area (Å²) in [6, 6.07) is 0.664. The summed E-state index contributed by atoms with van der Waals surface area (Å²) in [7, 11) is 4.26. The van der Waals surface area contributed by atoms with Crippen molar-refractivity contribution in [3.8, 4) is 0 Å². The van der Waals surface area contributed by atoms with E-state index in [1.807, 2.05) is 7.05 Å². The van der Waals surface area contributed by atoms with Gasteiger partial charge in [-0.15, -0.1) is 0 Å². The average molecular weight is 214 g/mol. The first-order valence-electron chi connectivity index (χ1n) is 6.20. The van der Waals surface area contributed by atoms with Gasteiger partial charge in [-0.3, -0.25) is 0 Å². The minimum absolute atomic E-state index is 0.664. The number of hydrogen-bond acceptors (Lipinski definition) is 3. The zero-order chi connectivity index (χ0) is 11.1. The van der Waals surface area contributed by atoms with Crippen LogP contribution in [-0.2, 0) is 4.74 Å². The van der Waals surface area contributed by atoms with E-state index < -0.39 is 0 Å². The molecule has 1 rings (SSSR count). The summed E-state index contributed by atoms with van der Waals surface area (Å²) in [5.41, 5.74) is 0. The first-order chi connectivity index (χ1) is 7.27. The Labute approximate surface area is 94.2 Å². The number of ether oxygens (including phenoxy) is 1. The fourth-order valence-electron chi connectivity index (χ4n) is 2.36. The molecule has 1 fully saturated rings. The van der Waals surface area contributed by atoms with Crippen molar-refractivity contribution < 1.29 is 4.74 Å². The highest BCUT2D eigenvalue weighted by Crippen LogP contribution is 2.15. The van der Waals surface area contributed by atoms with E-state index in [1.165, 1.54) is 25.8 Å². The van der Waals surface area contributed by atoms with Crippen LogP contribution < -0.4 is 5.32 Å². The topological polar surface area (TPSA) is 24.5 Å². The first-order valence-corrected chi connectivity index (χ1v) is 6.20. The molecular formula is C12H26N2O. The number of rotatable bonds is 6. The fraction of sp³-hybridized carbons (Fsp3) is 1.00. The van der Waals surface area contributed by atoms with E-state index in [0.29, 0.717) is 6.04 Å². The van der Waals surface area contributed by atoms with Gasteiger partial charge in [-0.1, -0.05) is 6.92 Å². The lowest BCUT2D eigenvalue weighted by Gasteiger charge is -2.32. The van der Waals surface area contributed by atoms with Crippen molar-refractivity contribution in [3.63, 3.8) is 0 Å². The quantitative estimate of drug-likeness (QED) is 0.722. The van der Waals surface area contributed by atoms with Crippen LogP contribution in [0.5, 0.6) is 0 Å². The molecule has 0 aromatic heterocycles. The van der Waals surface area contributed by atoms with Crippen LogP contribution in [0.2, 0.25) is 0 Å². The molecule has 1 N–H and O–H groups in total. The lowest BCUT2D eigenvalue weighted by molar-refractivity contribution is 0.0359. The fourth-order valence-corrected chi connectivity index (χ4v) is 2.36. The molecule has 0 spiro atoms. The van der Waals surface area contributed by atoms with Gasteiger partial charge in [0, 0.05) is 25.7 Å². The second kappa shape index (κ2) is 7.20. The third-order valence-corrected chi connectivity index (χ3v) is 3.34. The number of hydrogen-bond donors (Lipinski definition) is 1. The summed E-state index contributed by atoms with van der Waals surface area (Å²) in [6.07, 6.45) is 3.78. The molecule has 2 unspecified atom stereocenters. The Morgan fingerprint density at radius 3 is 2.87 bits per heavy atom. The predicted octanol–water partition coefficient (Wildman–Crippen LogP) is 1.34. The van der Waals surface area contributed by atoms with E-state index >= 15 is 0 Å². The standard InChI is InChI=1S/C12H26N2O/c1-4-12(8-13-2)14(3)9-11-6-5-7-15-10-11/h11-13H,4-10H2,1-3H3. The smallest absolute Gasteiger partial charge is 0.0506 e. The number of likely N-dealkylation sites (N-methyl/N-ethyl adjacent to an activating group) is 2. The highest BCUT2D eigenvalue weighted by molar-refractivity contribution is 4.73. The van der Waals surface area contributed by atoms with Crippen LogP contribution in [0.3, 0.4) is 0 Å². The molecule has 0 amide bonds. The monoisotopic (exact) mass is 214 g/mol. The van der Waals surface area contributed by atoms with E-state index in [0.717, 1.165) is 25.7 Å². The van der Waals surface area contributed by atoms with Gasteiger partial charge in [0.25, 0.3) is 0 Å². The van der Waals surface area contributed by atoms with Crippen LogP contribution in [0, 0.1) is 5.92 Å². The summed E-state index contributed by atoms with van der Waals surface area (Å²) in [4.78, 5) is 2.48. The van der Waals surface area contributed by atoms with Crippen LogP contribution in [0.4, 0.5) is 0 Å². The second-order valence-corrected chi connectivity index (χ2v) is 4.64. The molecule has 1 heterocycles. The zero-order valence-corrected chi connectivity index (χ0v) is 10.5. The Morgan fingerprint density at radius 2 is 2.33 bits per heavy atom. The van der Waals surface area contributed by atoms with E-state index in [4.69, 9.17) is 4.74 Å². The van der Waals surface area contributed by atoms with Gasteiger partial charge in [0.2, 0.25) is 0 Å². The van der Waals surface area contributed by atoms with Crippen LogP contribution in [-0.4, -0.2) is 51.3 Å². The van der Waals surface area contributed by atoms with E-state index in [9.17, 15) is 0 Å². The number of nitrogens with zero attached hydrogens (tertiary/aromatic N) is 1. The van der Waals surface area contributed by atoms with E-state index in [-0.39, 0.29) is 0 Å². The molecule has 3 heteroatoms. The lowest BCUT2D eigenvalue weighted by atomic mass is 10.0. The van der Waals surface area contributed by atoms with Gasteiger partial charge in [0.1, 0.15) is 0 Å². The van der Waals surface area contributed by atoms with Crippen molar-refractivity contribution in [1.29, 1.82) is 0 Å². The van der Waals surface area contributed by atoms with Crippen LogP contribution in [0.15, 0.2) is 0 Å². The van der Waals surface area contributed by atoms with Crippen LogP contribution in [0.25, 0.3) is 0 Å². The van der Waals surface area contributed by atoms with Gasteiger partial charge in [0.15, 0.2) is 0 Å². The summed E-state index contributed by atoms with van der Waals surface area (Å²) in [6.45, 7) is 6.45. The van der Waals surface area contributed by atoms with Crippen LogP contribution >= 0.6 is 0 Å². The van der Waals surface area contributed by atoms with Crippen molar-refractivity contribution in [1.82, 2.24) is 10.2 Å². The van der Waals surface area contributed by atoms with Gasteiger partial charge < -0.3 is 15.0 Å². The molecule has 1 aliphatic heterocycles. The second-order valence-electron chi connectivity index (χ2n) is 4.64. The van der Waals surface area contributed by atoms with Crippen molar-refractivity contribution >= 4 is 0 Å². The largest absolute Gasteiger partial charge is 0.381 e. The summed E-state index contributed by atoms with van der Waals surface area (Å²) in [5.74, 6) is 0.745. The normalized spacial score (nSPS) is 24.4. The highest BCUT2D eigenvalue weighted by Gasteiger charge is 2.19. The molecule has 1 aliphatic rings. The zero-order valence-electron chi connectivity index (χ0n) is 10.5. The molecule has 0 aromatic carbocycles. The molecule has 0 aliphatic carbocycles. The Bertz CT molecular complexity index is 158. The first kappa shape index (κ1) is 12.9.